The van der Waals surface area contributed by atoms with Crippen molar-refractivity contribution in [1.82, 2.24) is 0 Å². The van der Waals surface area contributed by atoms with Crippen molar-refractivity contribution >= 4 is 12.4 Å². The van der Waals surface area contributed by atoms with E-state index in [9.17, 15) is 10.3 Å². The zero-order valence-electron chi connectivity index (χ0n) is 6.43. The maximum atomic E-state index is 11.0. The Kier molecular flexibility index (Phi) is 1.60. The van der Waals surface area contributed by atoms with E-state index in [0.717, 1.165) is 12.4 Å². The third kappa shape index (κ3) is 1.07. The van der Waals surface area contributed by atoms with Crippen LogP contribution in [0.2, 0.25) is 0 Å². The van der Waals surface area contributed by atoms with Gasteiger partial charge in [0.15, 0.2) is 0 Å². The zero-order chi connectivity index (χ0) is 8.65. The van der Waals surface area contributed by atoms with Gasteiger partial charge in [0.25, 0.3) is 11.8 Å². The van der Waals surface area contributed by atoms with Crippen molar-refractivity contribution in [3.05, 3.63) is 5.21 Å². The first-order chi connectivity index (χ1) is 4.96. The zero-order valence-corrected chi connectivity index (χ0v) is 6.43. The van der Waals surface area contributed by atoms with Crippen molar-refractivity contribution in [1.29, 1.82) is 0 Å². The van der Waals surface area contributed by atoms with Crippen LogP contribution in [0.1, 0.15) is 13.8 Å². The molecule has 1 atom stereocenters. The third-order valence-corrected chi connectivity index (χ3v) is 1.81. The fourth-order valence-electron chi connectivity index (χ4n) is 0.840. The van der Waals surface area contributed by atoms with E-state index in [0.29, 0.717) is 9.48 Å². The van der Waals surface area contributed by atoms with Gasteiger partial charge in [0.2, 0.25) is 6.21 Å². The topological polar surface area (TPSA) is 69.5 Å². The minimum Gasteiger partial charge on any atom is -0.623 e. The van der Waals surface area contributed by atoms with Gasteiger partial charge in [-0.05, 0) is 0 Å². The van der Waals surface area contributed by atoms with Crippen LogP contribution in [-0.4, -0.2) is 44.0 Å². The lowest BCUT2D eigenvalue weighted by Gasteiger charge is -2.24. The van der Waals surface area contributed by atoms with Crippen molar-refractivity contribution in [3.8, 4) is 0 Å². The number of hydroxylamine groups is 2. The summed E-state index contributed by atoms with van der Waals surface area (Å²) < 4.78 is 1.21. The largest absolute Gasteiger partial charge is 0.623 e. The van der Waals surface area contributed by atoms with Gasteiger partial charge in [0.05, 0.1) is 0 Å². The number of hydrogen-bond acceptors (Lipinski definition) is 3. The minimum absolute atomic E-state index is 0.602. The number of aliphatic hydroxyl groups excluding tert-OH is 1. The highest BCUT2D eigenvalue weighted by Gasteiger charge is 2.47. The van der Waals surface area contributed by atoms with Gasteiger partial charge in [-0.15, -0.1) is 0 Å². The lowest BCUT2D eigenvalue weighted by atomic mass is 10.0. The standard InChI is InChI=1S/C6H11N2O3/c1-6(2)5(9)7(10)3-4-8(6)11/h3-5,9-10H,1-2H3/q+1/t5-/m1/s1. The van der Waals surface area contributed by atoms with Crippen LogP contribution in [0.4, 0.5) is 0 Å². The van der Waals surface area contributed by atoms with Gasteiger partial charge in [0.1, 0.15) is 0 Å². The van der Waals surface area contributed by atoms with Gasteiger partial charge in [0, 0.05) is 18.6 Å². The summed E-state index contributed by atoms with van der Waals surface area (Å²) in [6, 6.07) is 0. The second-order valence-electron chi connectivity index (χ2n) is 3.03. The molecule has 0 aromatic carbocycles. The second kappa shape index (κ2) is 2.20. The maximum Gasteiger partial charge on any atom is 0.368 e. The Balaban J connectivity index is 3.03. The van der Waals surface area contributed by atoms with Crippen LogP contribution < -0.4 is 0 Å². The van der Waals surface area contributed by atoms with Gasteiger partial charge in [-0.2, -0.15) is 4.74 Å². The first-order valence-electron chi connectivity index (χ1n) is 3.26. The SMILES string of the molecule is CC1(C)[C@@H](O)[N+](O)=CC=[N+]1[O-]. The summed E-state index contributed by atoms with van der Waals surface area (Å²) in [6.45, 7) is 3.08. The lowest BCUT2D eigenvalue weighted by molar-refractivity contribution is -0.850. The molecule has 5 nitrogen and oxygen atoms in total. The van der Waals surface area contributed by atoms with Crippen LogP contribution in [0, 0.1) is 5.21 Å². The van der Waals surface area contributed by atoms with Crippen molar-refractivity contribution in [3.63, 3.8) is 0 Å². The molecule has 0 spiro atoms. The number of rotatable bonds is 0. The van der Waals surface area contributed by atoms with E-state index in [2.05, 4.69) is 0 Å². The quantitative estimate of drug-likeness (QED) is 0.275. The molecule has 1 rings (SSSR count). The molecule has 0 amide bonds. The van der Waals surface area contributed by atoms with Gasteiger partial charge < -0.3 is 10.3 Å². The summed E-state index contributed by atoms with van der Waals surface area (Å²) in [5.74, 6) is 0. The first-order valence-corrected chi connectivity index (χ1v) is 3.26. The average Bonchev–Trinajstić information content (AvgIpc) is 1.95. The van der Waals surface area contributed by atoms with Crippen molar-refractivity contribution in [2.75, 3.05) is 0 Å². The van der Waals surface area contributed by atoms with E-state index in [1.807, 2.05) is 0 Å². The monoisotopic (exact) mass is 159 g/mol. The average molecular weight is 159 g/mol. The van der Waals surface area contributed by atoms with Crippen LogP contribution in [0.3, 0.4) is 0 Å². The Morgan fingerprint density at radius 2 is 2.00 bits per heavy atom. The molecule has 5 heteroatoms. The Labute approximate surface area is 64.1 Å². The molecule has 0 aromatic rings. The maximum absolute atomic E-state index is 11.0. The Hall–Kier alpha value is -1.10. The summed E-state index contributed by atoms with van der Waals surface area (Å²) in [6.07, 6.45) is 1.08. The van der Waals surface area contributed by atoms with Gasteiger partial charge in [-0.3, -0.25) is 5.21 Å². The molecule has 11 heavy (non-hydrogen) atoms. The van der Waals surface area contributed by atoms with Crippen LogP contribution in [0.25, 0.3) is 0 Å². The van der Waals surface area contributed by atoms with Gasteiger partial charge in [-0.1, -0.05) is 0 Å². The lowest BCUT2D eigenvalue weighted by Crippen LogP contribution is -2.53. The molecule has 0 aromatic heterocycles. The highest BCUT2D eigenvalue weighted by Crippen LogP contribution is 2.15. The fraction of sp³-hybridized carbons (Fsp3) is 0.667. The van der Waals surface area contributed by atoms with Crippen molar-refractivity contribution in [2.24, 2.45) is 0 Å². The number of nitrogens with zero attached hydrogens (tertiary/aromatic N) is 2. The highest BCUT2D eigenvalue weighted by atomic mass is 16.5. The Bertz CT molecular complexity index is 232. The molecular weight excluding hydrogens is 148 g/mol. The normalized spacial score (nSPS) is 29.2. The second-order valence-corrected chi connectivity index (χ2v) is 3.03. The van der Waals surface area contributed by atoms with Crippen LogP contribution in [0.5, 0.6) is 0 Å². The Morgan fingerprint density at radius 1 is 1.45 bits per heavy atom. The molecule has 0 aliphatic carbocycles. The smallest absolute Gasteiger partial charge is 0.368 e. The molecule has 0 bridgehead atoms. The van der Waals surface area contributed by atoms with Gasteiger partial charge in [-0.25, -0.2) is 0 Å². The van der Waals surface area contributed by atoms with E-state index < -0.39 is 11.8 Å². The van der Waals surface area contributed by atoms with Gasteiger partial charge >= 0.3 is 6.23 Å². The van der Waals surface area contributed by atoms with Crippen molar-refractivity contribution < 1.29 is 19.8 Å². The first kappa shape index (κ1) is 8.00. The molecule has 0 radical (unpaired) electrons. The minimum atomic E-state index is -1.19. The van der Waals surface area contributed by atoms with E-state index >= 15 is 0 Å². The van der Waals surface area contributed by atoms with E-state index in [4.69, 9.17) is 5.21 Å². The molecule has 1 aliphatic rings. The molecule has 62 valence electrons. The summed E-state index contributed by atoms with van der Waals surface area (Å²) >= 11 is 0. The summed E-state index contributed by atoms with van der Waals surface area (Å²) in [5.41, 5.74) is -1.01. The van der Waals surface area contributed by atoms with Crippen LogP contribution in [-0.2, 0) is 0 Å². The number of aliphatic hydroxyl groups is 1. The van der Waals surface area contributed by atoms with Crippen molar-refractivity contribution in [2.45, 2.75) is 25.6 Å². The van der Waals surface area contributed by atoms with E-state index in [-0.39, 0.29) is 0 Å². The van der Waals surface area contributed by atoms with E-state index in [1.165, 1.54) is 13.8 Å². The molecule has 2 N–H and O–H groups in total. The molecule has 0 saturated carbocycles. The van der Waals surface area contributed by atoms with Crippen LogP contribution >= 0.6 is 0 Å². The summed E-state index contributed by atoms with van der Waals surface area (Å²) in [4.78, 5) is 0. The molecule has 1 aliphatic heterocycles. The highest BCUT2D eigenvalue weighted by molar-refractivity contribution is 6.11. The van der Waals surface area contributed by atoms with E-state index in [1.54, 1.807) is 0 Å². The predicted octanol–water partition coefficient (Wildman–Crippen LogP) is -0.849. The molecule has 0 unspecified atom stereocenters. The summed E-state index contributed by atoms with van der Waals surface area (Å²) in [5, 5.41) is 29.2. The summed E-state index contributed by atoms with van der Waals surface area (Å²) in [7, 11) is 0. The van der Waals surface area contributed by atoms with Crippen LogP contribution in [0.15, 0.2) is 0 Å². The number of hydrogen-bond donors (Lipinski definition) is 2. The molecular formula is C6H11N2O3+. The Morgan fingerprint density at radius 3 is 2.45 bits per heavy atom. The molecule has 1 heterocycles. The molecule has 0 saturated heterocycles. The fourth-order valence-corrected chi connectivity index (χ4v) is 0.840. The molecule has 0 fully saturated rings. The predicted molar refractivity (Wildman–Crippen MR) is 37.9 cm³/mol. The third-order valence-electron chi connectivity index (χ3n) is 1.81.